The van der Waals surface area contributed by atoms with Gasteiger partial charge in [0.25, 0.3) is 5.91 Å². The minimum Gasteiger partial charge on any atom is -0.482 e. The van der Waals surface area contributed by atoms with E-state index in [9.17, 15) is 14.4 Å². The lowest BCUT2D eigenvalue weighted by molar-refractivity contribution is -0.150. The molecule has 1 aromatic rings. The molecule has 0 radical (unpaired) electrons. The van der Waals surface area contributed by atoms with Gasteiger partial charge in [0.05, 0.1) is 6.54 Å². The molecule has 0 aliphatic heterocycles. The molecule has 0 aromatic heterocycles. The van der Waals surface area contributed by atoms with Gasteiger partial charge in [-0.25, -0.2) is 4.79 Å². The summed E-state index contributed by atoms with van der Waals surface area (Å²) >= 11 is 0. The zero-order valence-electron chi connectivity index (χ0n) is 18.6. The second-order valence-electron chi connectivity index (χ2n) is 8.89. The number of rotatable bonds is 8. The van der Waals surface area contributed by atoms with E-state index in [4.69, 9.17) is 9.47 Å². The highest BCUT2D eigenvalue weighted by molar-refractivity contribution is 5.86. The van der Waals surface area contributed by atoms with Crippen molar-refractivity contribution in [1.82, 2.24) is 10.6 Å². The van der Waals surface area contributed by atoms with Gasteiger partial charge in [0.15, 0.2) is 13.2 Å². The fraction of sp³-hybridized carbons (Fsp3) is 0.591. The SMILES string of the molecule is CCNC(=O)CNC(=O)COC(=O)COc1ccc(C(C)(C)C)cc1C(C)(C)C. The van der Waals surface area contributed by atoms with E-state index in [0.717, 1.165) is 5.56 Å². The van der Waals surface area contributed by atoms with Crippen LogP contribution in [0.25, 0.3) is 0 Å². The molecule has 0 saturated heterocycles. The Hall–Kier alpha value is -2.57. The molecule has 0 aliphatic carbocycles. The van der Waals surface area contributed by atoms with Crippen molar-refractivity contribution in [3.05, 3.63) is 29.3 Å². The van der Waals surface area contributed by atoms with Gasteiger partial charge >= 0.3 is 5.97 Å². The molecule has 0 fully saturated rings. The minimum atomic E-state index is -0.655. The number of esters is 1. The number of nitrogens with one attached hydrogen (secondary N) is 2. The van der Waals surface area contributed by atoms with Crippen LogP contribution in [-0.2, 0) is 30.0 Å². The molecule has 0 heterocycles. The first kappa shape index (κ1) is 24.5. The molecule has 0 spiro atoms. The minimum absolute atomic E-state index is 0.00114. The van der Waals surface area contributed by atoms with E-state index in [1.807, 2.05) is 12.1 Å². The first-order chi connectivity index (χ1) is 13.3. The Bertz CT molecular complexity index is 730. The predicted octanol–water partition coefficient (Wildman–Crippen LogP) is 2.46. The highest BCUT2D eigenvalue weighted by Crippen LogP contribution is 2.35. The van der Waals surface area contributed by atoms with Crippen molar-refractivity contribution in [2.45, 2.75) is 59.3 Å². The van der Waals surface area contributed by atoms with Crippen LogP contribution < -0.4 is 15.4 Å². The van der Waals surface area contributed by atoms with Gasteiger partial charge in [-0.1, -0.05) is 53.7 Å². The number of ether oxygens (including phenoxy) is 2. The summed E-state index contributed by atoms with van der Waals surface area (Å²) in [5.41, 5.74) is 2.01. The normalized spacial score (nSPS) is 11.6. The second kappa shape index (κ2) is 10.3. The highest BCUT2D eigenvalue weighted by atomic mass is 16.6. The van der Waals surface area contributed by atoms with E-state index in [1.165, 1.54) is 5.56 Å². The van der Waals surface area contributed by atoms with Gasteiger partial charge in [0.2, 0.25) is 5.91 Å². The molecule has 0 saturated carbocycles. The Morgan fingerprint density at radius 3 is 2.10 bits per heavy atom. The zero-order valence-corrected chi connectivity index (χ0v) is 18.6. The molecule has 0 unspecified atom stereocenters. The summed E-state index contributed by atoms with van der Waals surface area (Å²) in [4.78, 5) is 34.9. The molecule has 0 aliphatic rings. The maximum atomic E-state index is 11.9. The largest absolute Gasteiger partial charge is 0.482 e. The maximum Gasteiger partial charge on any atom is 0.344 e. The Morgan fingerprint density at radius 1 is 0.897 bits per heavy atom. The first-order valence-corrected chi connectivity index (χ1v) is 9.81. The Balaban J connectivity index is 2.63. The van der Waals surface area contributed by atoms with Crippen molar-refractivity contribution in [2.75, 3.05) is 26.3 Å². The van der Waals surface area contributed by atoms with Gasteiger partial charge in [-0.3, -0.25) is 9.59 Å². The third-order valence-electron chi connectivity index (χ3n) is 4.18. The summed E-state index contributed by atoms with van der Waals surface area (Å²) in [6.07, 6.45) is 0. The van der Waals surface area contributed by atoms with E-state index in [0.29, 0.717) is 12.3 Å². The average Bonchev–Trinajstić information content (AvgIpc) is 2.61. The van der Waals surface area contributed by atoms with E-state index in [2.05, 4.69) is 58.2 Å². The van der Waals surface area contributed by atoms with Crippen molar-refractivity contribution in [3.8, 4) is 5.75 Å². The fourth-order valence-corrected chi connectivity index (χ4v) is 2.52. The van der Waals surface area contributed by atoms with Gasteiger partial charge in [-0.2, -0.15) is 0 Å². The zero-order chi connectivity index (χ0) is 22.2. The number of carbonyl (C=O) groups is 3. The molecule has 29 heavy (non-hydrogen) atoms. The summed E-state index contributed by atoms with van der Waals surface area (Å²) in [6.45, 7) is 14.0. The third-order valence-corrected chi connectivity index (χ3v) is 4.18. The molecular weight excluding hydrogens is 372 g/mol. The van der Waals surface area contributed by atoms with E-state index < -0.39 is 18.5 Å². The van der Waals surface area contributed by atoms with Crippen LogP contribution in [0.1, 0.15) is 59.6 Å². The number of amides is 2. The van der Waals surface area contributed by atoms with Crippen LogP contribution in [0.5, 0.6) is 5.75 Å². The quantitative estimate of drug-likeness (QED) is 0.647. The lowest BCUT2D eigenvalue weighted by Gasteiger charge is -2.27. The van der Waals surface area contributed by atoms with Crippen molar-refractivity contribution in [2.24, 2.45) is 0 Å². The first-order valence-electron chi connectivity index (χ1n) is 9.81. The lowest BCUT2D eigenvalue weighted by atomic mass is 9.80. The summed E-state index contributed by atoms with van der Waals surface area (Å²) < 4.78 is 10.6. The average molecular weight is 407 g/mol. The van der Waals surface area contributed by atoms with E-state index in [1.54, 1.807) is 6.92 Å². The van der Waals surface area contributed by atoms with Crippen LogP contribution in [0.2, 0.25) is 0 Å². The number of hydrogen-bond acceptors (Lipinski definition) is 5. The van der Waals surface area contributed by atoms with Gasteiger partial charge < -0.3 is 20.1 Å². The Labute approximate surface area is 173 Å². The molecule has 2 N–H and O–H groups in total. The van der Waals surface area contributed by atoms with Crippen molar-refractivity contribution in [3.63, 3.8) is 0 Å². The van der Waals surface area contributed by atoms with Crippen LogP contribution in [0.15, 0.2) is 18.2 Å². The molecule has 7 heteroatoms. The van der Waals surface area contributed by atoms with Crippen LogP contribution in [-0.4, -0.2) is 44.1 Å². The van der Waals surface area contributed by atoms with Crippen molar-refractivity contribution in [1.29, 1.82) is 0 Å². The summed E-state index contributed by atoms with van der Waals surface area (Å²) in [5, 5.41) is 4.93. The number of hydrogen-bond donors (Lipinski definition) is 2. The van der Waals surface area contributed by atoms with Crippen molar-refractivity contribution >= 4 is 17.8 Å². The van der Waals surface area contributed by atoms with Gasteiger partial charge in [-0.05, 0) is 34.9 Å². The molecule has 0 bridgehead atoms. The van der Waals surface area contributed by atoms with Crippen LogP contribution in [0, 0.1) is 0 Å². The summed E-state index contributed by atoms with van der Waals surface area (Å²) in [5.74, 6) is -0.889. The summed E-state index contributed by atoms with van der Waals surface area (Å²) in [6, 6.07) is 5.97. The molecule has 7 nitrogen and oxygen atoms in total. The maximum absolute atomic E-state index is 11.9. The summed E-state index contributed by atoms with van der Waals surface area (Å²) in [7, 11) is 0. The lowest BCUT2D eigenvalue weighted by Crippen LogP contribution is -2.38. The van der Waals surface area contributed by atoms with Crippen molar-refractivity contribution < 1.29 is 23.9 Å². The Kier molecular flexibility index (Phi) is 8.67. The van der Waals surface area contributed by atoms with E-state index >= 15 is 0 Å². The molecule has 162 valence electrons. The van der Waals surface area contributed by atoms with E-state index in [-0.39, 0.29) is 29.9 Å². The standard InChI is InChI=1S/C22H34N2O5/c1-8-23-18(25)12-24-19(26)13-29-20(27)14-28-17-10-9-15(21(2,3)4)11-16(17)22(5,6)7/h9-11H,8,12-14H2,1-7H3,(H,23,25)(H,24,26). The second-order valence-corrected chi connectivity index (χ2v) is 8.89. The van der Waals surface area contributed by atoms with Crippen LogP contribution in [0.3, 0.4) is 0 Å². The molecular formula is C22H34N2O5. The number of likely N-dealkylation sites (N-methyl/N-ethyl adjacent to an activating group) is 1. The Morgan fingerprint density at radius 2 is 1.55 bits per heavy atom. The topological polar surface area (TPSA) is 93.7 Å². The highest BCUT2D eigenvalue weighted by Gasteiger charge is 2.23. The third kappa shape index (κ3) is 8.54. The molecule has 2 amide bonds. The fourth-order valence-electron chi connectivity index (χ4n) is 2.52. The van der Waals surface area contributed by atoms with Crippen LogP contribution in [0.4, 0.5) is 0 Å². The molecule has 1 aromatic carbocycles. The number of carbonyl (C=O) groups excluding carboxylic acids is 3. The number of benzene rings is 1. The van der Waals surface area contributed by atoms with Crippen LogP contribution >= 0.6 is 0 Å². The molecule has 1 rings (SSSR count). The molecule has 0 atom stereocenters. The predicted molar refractivity (Wildman–Crippen MR) is 112 cm³/mol. The smallest absolute Gasteiger partial charge is 0.344 e. The van der Waals surface area contributed by atoms with Gasteiger partial charge in [0, 0.05) is 6.54 Å². The monoisotopic (exact) mass is 406 g/mol. The van der Waals surface area contributed by atoms with Gasteiger partial charge in [-0.15, -0.1) is 0 Å². The van der Waals surface area contributed by atoms with Gasteiger partial charge in [0.1, 0.15) is 5.75 Å².